The fraction of sp³-hybridized carbons (Fsp3) is 0.619. The SMILES string of the molecule is COc1ccc(N2C(=O)[C@H](OC(C)=O)C23CCC(C(C)(C)C)CC3)cc1. The van der Waals surface area contributed by atoms with Crippen molar-refractivity contribution >= 4 is 17.6 Å². The molecule has 1 spiro atoms. The van der Waals surface area contributed by atoms with Gasteiger partial charge >= 0.3 is 5.97 Å². The highest BCUT2D eigenvalue weighted by molar-refractivity contribution is 6.07. The molecular weight excluding hydrogens is 330 g/mol. The number of rotatable bonds is 3. The van der Waals surface area contributed by atoms with E-state index in [-0.39, 0.29) is 11.3 Å². The first-order chi connectivity index (χ1) is 12.2. The maximum Gasteiger partial charge on any atom is 0.303 e. The number of carbonyl (C=O) groups is 2. The van der Waals surface area contributed by atoms with Crippen molar-refractivity contribution in [3.63, 3.8) is 0 Å². The van der Waals surface area contributed by atoms with Crippen LogP contribution in [0.25, 0.3) is 0 Å². The lowest BCUT2D eigenvalue weighted by Gasteiger charge is -2.59. The highest BCUT2D eigenvalue weighted by Crippen LogP contribution is 2.52. The van der Waals surface area contributed by atoms with Crippen molar-refractivity contribution in [2.75, 3.05) is 12.0 Å². The third-order valence-corrected chi connectivity index (χ3v) is 6.07. The molecular formula is C21H29NO4. The number of esters is 1. The van der Waals surface area contributed by atoms with Crippen molar-refractivity contribution in [1.82, 2.24) is 0 Å². The predicted octanol–water partition coefficient (Wildman–Crippen LogP) is 3.95. The molecule has 3 rings (SSSR count). The summed E-state index contributed by atoms with van der Waals surface area (Å²) in [5.41, 5.74) is 0.671. The van der Waals surface area contributed by atoms with Crippen molar-refractivity contribution in [3.8, 4) is 5.75 Å². The minimum atomic E-state index is -0.664. The van der Waals surface area contributed by atoms with E-state index in [4.69, 9.17) is 9.47 Å². The molecule has 2 fully saturated rings. The van der Waals surface area contributed by atoms with Gasteiger partial charge in [0.25, 0.3) is 5.91 Å². The molecule has 0 radical (unpaired) electrons. The molecule has 0 N–H and O–H groups in total. The molecule has 1 atom stereocenters. The fourth-order valence-corrected chi connectivity index (χ4v) is 4.53. The molecule has 1 saturated carbocycles. The number of amides is 1. The Hall–Kier alpha value is -2.04. The van der Waals surface area contributed by atoms with E-state index in [0.29, 0.717) is 5.92 Å². The van der Waals surface area contributed by atoms with Gasteiger partial charge in [0.1, 0.15) is 5.75 Å². The van der Waals surface area contributed by atoms with Crippen LogP contribution >= 0.6 is 0 Å². The zero-order chi connectivity index (χ0) is 19.1. The van der Waals surface area contributed by atoms with Gasteiger partial charge in [0.15, 0.2) is 0 Å². The minimum absolute atomic E-state index is 0.125. The Labute approximate surface area is 155 Å². The summed E-state index contributed by atoms with van der Waals surface area (Å²) in [6.45, 7) is 8.18. The van der Waals surface area contributed by atoms with E-state index in [0.717, 1.165) is 37.1 Å². The number of β-lactam (4-membered cyclic amide) rings is 1. The van der Waals surface area contributed by atoms with E-state index >= 15 is 0 Å². The molecule has 1 aliphatic carbocycles. The minimum Gasteiger partial charge on any atom is -0.497 e. The molecule has 0 aromatic heterocycles. The zero-order valence-electron chi connectivity index (χ0n) is 16.4. The van der Waals surface area contributed by atoms with Crippen LogP contribution < -0.4 is 9.64 Å². The molecule has 1 saturated heterocycles. The first kappa shape index (κ1) is 18.7. The number of carbonyl (C=O) groups excluding carboxylic acids is 2. The largest absolute Gasteiger partial charge is 0.497 e. The van der Waals surface area contributed by atoms with E-state index in [1.807, 2.05) is 29.2 Å². The highest BCUT2D eigenvalue weighted by atomic mass is 16.6. The third-order valence-electron chi connectivity index (χ3n) is 6.07. The third kappa shape index (κ3) is 3.08. The van der Waals surface area contributed by atoms with Gasteiger partial charge in [-0.05, 0) is 61.3 Å². The summed E-state index contributed by atoms with van der Waals surface area (Å²) in [6.07, 6.45) is 3.10. The van der Waals surface area contributed by atoms with Gasteiger partial charge in [-0.25, -0.2) is 0 Å². The Bertz CT molecular complexity index is 681. The summed E-state index contributed by atoms with van der Waals surface area (Å²) < 4.78 is 10.7. The van der Waals surface area contributed by atoms with Gasteiger partial charge in [0.05, 0.1) is 12.6 Å². The van der Waals surface area contributed by atoms with Crippen LogP contribution in [0.15, 0.2) is 24.3 Å². The van der Waals surface area contributed by atoms with E-state index in [1.54, 1.807) is 7.11 Å². The summed E-state index contributed by atoms with van der Waals surface area (Å²) in [7, 11) is 1.62. The quantitative estimate of drug-likeness (QED) is 0.606. The number of anilines is 1. The number of benzene rings is 1. The van der Waals surface area contributed by atoms with Crippen LogP contribution in [0.4, 0.5) is 5.69 Å². The van der Waals surface area contributed by atoms with E-state index in [1.165, 1.54) is 6.92 Å². The Morgan fingerprint density at radius 2 is 1.73 bits per heavy atom. The van der Waals surface area contributed by atoms with Gasteiger partial charge in [-0.2, -0.15) is 0 Å². The average Bonchev–Trinajstić information content (AvgIpc) is 2.60. The van der Waals surface area contributed by atoms with Gasteiger partial charge in [0.2, 0.25) is 6.10 Å². The lowest BCUT2D eigenvalue weighted by molar-refractivity contribution is -0.170. The summed E-state index contributed by atoms with van der Waals surface area (Å²) >= 11 is 0. The van der Waals surface area contributed by atoms with E-state index in [9.17, 15) is 9.59 Å². The molecule has 1 aromatic carbocycles. The van der Waals surface area contributed by atoms with Crippen molar-refractivity contribution in [1.29, 1.82) is 0 Å². The van der Waals surface area contributed by atoms with Crippen LogP contribution in [0.1, 0.15) is 53.4 Å². The monoisotopic (exact) mass is 359 g/mol. The second-order valence-electron chi connectivity index (χ2n) is 8.61. The first-order valence-corrected chi connectivity index (χ1v) is 9.34. The number of hydrogen-bond acceptors (Lipinski definition) is 4. The Morgan fingerprint density at radius 1 is 1.15 bits per heavy atom. The second kappa shape index (κ2) is 6.60. The van der Waals surface area contributed by atoms with E-state index < -0.39 is 17.6 Å². The molecule has 2 aliphatic rings. The van der Waals surface area contributed by atoms with Crippen LogP contribution in [0, 0.1) is 11.3 Å². The molecule has 1 amide bonds. The highest BCUT2D eigenvalue weighted by Gasteiger charge is 2.63. The molecule has 26 heavy (non-hydrogen) atoms. The standard InChI is InChI=1S/C21H29NO4/c1-14(23)26-18-19(24)22(16-6-8-17(25-5)9-7-16)21(18)12-10-15(11-13-21)20(2,3)4/h6-9,15,18H,10-13H2,1-5H3/t15?,18-,21?/m0/s1. The maximum absolute atomic E-state index is 12.8. The summed E-state index contributed by atoms with van der Waals surface area (Å²) in [6, 6.07) is 7.52. The average molecular weight is 359 g/mol. The molecule has 1 heterocycles. The first-order valence-electron chi connectivity index (χ1n) is 9.34. The molecule has 5 nitrogen and oxygen atoms in total. The lowest BCUT2D eigenvalue weighted by atomic mass is 9.62. The molecule has 1 aromatic rings. The Kier molecular flexibility index (Phi) is 4.76. The molecule has 1 aliphatic heterocycles. The van der Waals surface area contributed by atoms with Gasteiger partial charge in [-0.3, -0.25) is 14.5 Å². The fourth-order valence-electron chi connectivity index (χ4n) is 4.53. The van der Waals surface area contributed by atoms with Crippen LogP contribution in [0.2, 0.25) is 0 Å². The van der Waals surface area contributed by atoms with Gasteiger partial charge in [0, 0.05) is 12.6 Å². The van der Waals surface area contributed by atoms with Crippen LogP contribution in [-0.2, 0) is 14.3 Å². The van der Waals surface area contributed by atoms with Gasteiger partial charge in [-0.1, -0.05) is 20.8 Å². The van der Waals surface area contributed by atoms with Gasteiger partial charge < -0.3 is 9.47 Å². The number of ether oxygens (including phenoxy) is 2. The summed E-state index contributed by atoms with van der Waals surface area (Å²) in [5, 5.41) is 0. The number of methoxy groups -OCH3 is 1. The number of nitrogens with zero attached hydrogens (tertiary/aromatic N) is 1. The molecule has 142 valence electrons. The second-order valence-corrected chi connectivity index (χ2v) is 8.61. The molecule has 0 unspecified atom stereocenters. The molecule has 5 heteroatoms. The van der Waals surface area contributed by atoms with Crippen LogP contribution in [-0.4, -0.2) is 30.6 Å². The van der Waals surface area contributed by atoms with Crippen molar-refractivity contribution in [3.05, 3.63) is 24.3 Å². The zero-order valence-corrected chi connectivity index (χ0v) is 16.4. The predicted molar refractivity (Wildman–Crippen MR) is 100 cm³/mol. The Balaban J connectivity index is 1.88. The summed E-state index contributed by atoms with van der Waals surface area (Å²) in [4.78, 5) is 26.2. The van der Waals surface area contributed by atoms with Crippen LogP contribution in [0.3, 0.4) is 0 Å². The Morgan fingerprint density at radius 3 is 2.19 bits per heavy atom. The van der Waals surface area contributed by atoms with Crippen molar-refractivity contribution < 1.29 is 19.1 Å². The molecule has 0 bridgehead atoms. The van der Waals surface area contributed by atoms with Crippen molar-refractivity contribution in [2.45, 2.75) is 65.0 Å². The normalized spacial score (nSPS) is 28.7. The smallest absolute Gasteiger partial charge is 0.303 e. The summed E-state index contributed by atoms with van der Waals surface area (Å²) in [5.74, 6) is 0.845. The maximum atomic E-state index is 12.8. The topological polar surface area (TPSA) is 55.8 Å². The van der Waals surface area contributed by atoms with E-state index in [2.05, 4.69) is 20.8 Å². The lowest BCUT2D eigenvalue weighted by Crippen LogP contribution is -2.76. The van der Waals surface area contributed by atoms with Crippen LogP contribution in [0.5, 0.6) is 5.75 Å². The number of hydrogen-bond donors (Lipinski definition) is 0. The van der Waals surface area contributed by atoms with Gasteiger partial charge in [-0.15, -0.1) is 0 Å². The van der Waals surface area contributed by atoms with Crippen molar-refractivity contribution in [2.24, 2.45) is 11.3 Å².